The van der Waals surface area contributed by atoms with E-state index in [0.29, 0.717) is 23.9 Å². The highest BCUT2D eigenvalue weighted by atomic mass is 16.5. The Morgan fingerprint density at radius 1 is 1.32 bits per heavy atom. The molecule has 2 heterocycles. The third kappa shape index (κ3) is 3.04. The van der Waals surface area contributed by atoms with E-state index in [0.717, 1.165) is 26.1 Å². The number of anilines is 2. The first-order valence-corrected chi connectivity index (χ1v) is 6.61. The number of aromatic nitrogens is 3. The lowest BCUT2D eigenvalue weighted by Crippen LogP contribution is -2.51. The zero-order valence-electron chi connectivity index (χ0n) is 12.1. The van der Waals surface area contributed by atoms with Crippen molar-refractivity contribution < 1.29 is 4.74 Å². The molecule has 106 valence electrons. The molecule has 1 aliphatic rings. The fourth-order valence-electron chi connectivity index (χ4n) is 2.26. The summed E-state index contributed by atoms with van der Waals surface area (Å²) >= 11 is 0. The van der Waals surface area contributed by atoms with Crippen LogP contribution in [0.1, 0.15) is 13.3 Å². The molecule has 1 atom stereocenters. The molecule has 0 aromatic carbocycles. The number of nitrogens with zero attached hydrogens (tertiary/aromatic N) is 5. The van der Waals surface area contributed by atoms with Crippen molar-refractivity contribution in [3.8, 4) is 6.01 Å². The van der Waals surface area contributed by atoms with Crippen LogP contribution in [-0.4, -0.2) is 66.7 Å². The third-order valence-corrected chi connectivity index (χ3v) is 3.54. The van der Waals surface area contributed by atoms with Gasteiger partial charge in [0.05, 0.1) is 7.11 Å². The fraction of sp³-hybridized carbons (Fsp3) is 0.750. The quantitative estimate of drug-likeness (QED) is 0.848. The predicted octanol–water partition coefficient (Wildman–Crippen LogP) is 0.452. The molecule has 2 rings (SSSR count). The standard InChI is InChI=1S/C12H22N6O/c1-5-9-8-18(7-6-17(9)3)11-14-10(13-2)15-12(16-11)19-4/h9H,5-8H2,1-4H3,(H,13,14,15,16). The summed E-state index contributed by atoms with van der Waals surface area (Å²) in [4.78, 5) is 17.5. The van der Waals surface area contributed by atoms with Gasteiger partial charge >= 0.3 is 6.01 Å². The Morgan fingerprint density at radius 3 is 2.74 bits per heavy atom. The highest BCUT2D eigenvalue weighted by Gasteiger charge is 2.25. The lowest BCUT2D eigenvalue weighted by Gasteiger charge is -2.39. The van der Waals surface area contributed by atoms with Crippen molar-refractivity contribution in [2.24, 2.45) is 0 Å². The summed E-state index contributed by atoms with van der Waals surface area (Å²) < 4.78 is 5.12. The van der Waals surface area contributed by atoms with Gasteiger partial charge in [0.2, 0.25) is 11.9 Å². The third-order valence-electron chi connectivity index (χ3n) is 3.54. The molecular formula is C12H22N6O. The summed E-state index contributed by atoms with van der Waals surface area (Å²) in [6, 6.07) is 0.885. The molecule has 1 N–H and O–H groups in total. The molecule has 1 saturated heterocycles. The number of rotatable bonds is 4. The second-order valence-corrected chi connectivity index (χ2v) is 4.68. The maximum atomic E-state index is 5.12. The van der Waals surface area contributed by atoms with Gasteiger partial charge in [-0.1, -0.05) is 6.92 Å². The molecule has 1 fully saturated rings. The summed E-state index contributed by atoms with van der Waals surface area (Å²) in [7, 11) is 5.52. The lowest BCUT2D eigenvalue weighted by molar-refractivity contribution is 0.212. The van der Waals surface area contributed by atoms with Gasteiger partial charge in [0.25, 0.3) is 0 Å². The van der Waals surface area contributed by atoms with E-state index in [-0.39, 0.29) is 0 Å². The Labute approximate surface area is 114 Å². The van der Waals surface area contributed by atoms with E-state index < -0.39 is 0 Å². The second kappa shape index (κ2) is 6.01. The molecule has 1 aromatic rings. The fourth-order valence-corrected chi connectivity index (χ4v) is 2.26. The van der Waals surface area contributed by atoms with E-state index in [1.54, 1.807) is 14.2 Å². The second-order valence-electron chi connectivity index (χ2n) is 4.68. The van der Waals surface area contributed by atoms with Gasteiger partial charge in [0.15, 0.2) is 0 Å². The van der Waals surface area contributed by atoms with Crippen LogP contribution in [0, 0.1) is 0 Å². The summed E-state index contributed by atoms with van der Waals surface area (Å²) in [5, 5.41) is 2.94. The molecule has 1 unspecified atom stereocenters. The molecule has 0 bridgehead atoms. The van der Waals surface area contributed by atoms with Gasteiger partial charge in [0.1, 0.15) is 0 Å². The van der Waals surface area contributed by atoms with Crippen LogP contribution in [0.25, 0.3) is 0 Å². The van der Waals surface area contributed by atoms with Crippen LogP contribution in [0.4, 0.5) is 11.9 Å². The maximum Gasteiger partial charge on any atom is 0.322 e. The van der Waals surface area contributed by atoms with Crippen molar-refractivity contribution in [2.75, 3.05) is 51.1 Å². The van der Waals surface area contributed by atoms with Gasteiger partial charge in [-0.2, -0.15) is 15.0 Å². The average molecular weight is 266 g/mol. The van der Waals surface area contributed by atoms with Crippen LogP contribution in [0.2, 0.25) is 0 Å². The number of methoxy groups -OCH3 is 1. The van der Waals surface area contributed by atoms with Crippen molar-refractivity contribution in [2.45, 2.75) is 19.4 Å². The summed E-state index contributed by atoms with van der Waals surface area (Å²) in [5.74, 6) is 1.22. The Bertz CT molecular complexity index is 404. The minimum Gasteiger partial charge on any atom is -0.467 e. The predicted molar refractivity (Wildman–Crippen MR) is 74.8 cm³/mol. The molecule has 7 heteroatoms. The molecule has 0 aliphatic carbocycles. The Morgan fingerprint density at radius 2 is 2.11 bits per heavy atom. The SMILES string of the molecule is CCC1CN(c2nc(NC)nc(OC)n2)CCN1C. The van der Waals surface area contributed by atoms with Crippen molar-refractivity contribution in [1.29, 1.82) is 0 Å². The highest BCUT2D eigenvalue weighted by molar-refractivity contribution is 5.38. The van der Waals surface area contributed by atoms with Crippen molar-refractivity contribution in [3.05, 3.63) is 0 Å². The first kappa shape index (κ1) is 13.8. The molecule has 0 saturated carbocycles. The van der Waals surface area contributed by atoms with Crippen molar-refractivity contribution >= 4 is 11.9 Å². The van der Waals surface area contributed by atoms with Crippen LogP contribution in [0.3, 0.4) is 0 Å². The van der Waals surface area contributed by atoms with Gasteiger partial charge in [-0.05, 0) is 13.5 Å². The summed E-state index contributed by atoms with van der Waals surface area (Å²) in [6.45, 7) is 5.08. The van der Waals surface area contributed by atoms with E-state index in [1.165, 1.54) is 0 Å². The number of hydrogen-bond acceptors (Lipinski definition) is 7. The first-order valence-electron chi connectivity index (χ1n) is 6.61. The highest BCUT2D eigenvalue weighted by Crippen LogP contribution is 2.19. The van der Waals surface area contributed by atoms with Crippen LogP contribution in [-0.2, 0) is 0 Å². The van der Waals surface area contributed by atoms with Gasteiger partial charge in [-0.15, -0.1) is 0 Å². The van der Waals surface area contributed by atoms with E-state index in [1.807, 2.05) is 0 Å². The Kier molecular flexibility index (Phi) is 4.36. The van der Waals surface area contributed by atoms with E-state index in [4.69, 9.17) is 4.74 Å². The van der Waals surface area contributed by atoms with Crippen LogP contribution in [0.15, 0.2) is 0 Å². The molecule has 19 heavy (non-hydrogen) atoms. The largest absolute Gasteiger partial charge is 0.467 e. The molecule has 0 amide bonds. The van der Waals surface area contributed by atoms with Crippen molar-refractivity contribution in [3.63, 3.8) is 0 Å². The first-order chi connectivity index (χ1) is 9.17. The van der Waals surface area contributed by atoms with Crippen LogP contribution >= 0.6 is 0 Å². The van der Waals surface area contributed by atoms with Gasteiger partial charge in [-0.3, -0.25) is 4.90 Å². The molecule has 1 aliphatic heterocycles. The van der Waals surface area contributed by atoms with E-state index >= 15 is 0 Å². The van der Waals surface area contributed by atoms with E-state index in [9.17, 15) is 0 Å². The maximum absolute atomic E-state index is 5.12. The van der Waals surface area contributed by atoms with Gasteiger partial charge < -0.3 is 15.0 Å². The zero-order valence-corrected chi connectivity index (χ0v) is 12.1. The lowest BCUT2D eigenvalue weighted by atomic mass is 10.1. The van der Waals surface area contributed by atoms with Crippen LogP contribution in [0.5, 0.6) is 6.01 Å². The van der Waals surface area contributed by atoms with Crippen molar-refractivity contribution in [1.82, 2.24) is 19.9 Å². The minimum absolute atomic E-state index is 0.348. The minimum atomic E-state index is 0.348. The topological polar surface area (TPSA) is 66.4 Å². The molecule has 0 spiro atoms. The number of likely N-dealkylation sites (N-methyl/N-ethyl adjacent to an activating group) is 1. The number of hydrogen-bond donors (Lipinski definition) is 1. The molecule has 1 aromatic heterocycles. The van der Waals surface area contributed by atoms with Gasteiger partial charge in [-0.25, -0.2) is 0 Å². The number of nitrogens with one attached hydrogen (secondary N) is 1. The zero-order chi connectivity index (χ0) is 13.8. The molecular weight excluding hydrogens is 244 g/mol. The van der Waals surface area contributed by atoms with Gasteiger partial charge in [0, 0.05) is 32.7 Å². The summed E-state index contributed by atoms with van der Waals surface area (Å²) in [6.07, 6.45) is 1.12. The number of piperazine rings is 1. The Hall–Kier alpha value is -1.63. The smallest absolute Gasteiger partial charge is 0.322 e. The normalized spacial score (nSPS) is 20.4. The molecule has 0 radical (unpaired) electrons. The average Bonchev–Trinajstić information content (AvgIpc) is 2.47. The monoisotopic (exact) mass is 266 g/mol. The number of ether oxygens (including phenoxy) is 1. The van der Waals surface area contributed by atoms with E-state index in [2.05, 4.69) is 44.0 Å². The van der Waals surface area contributed by atoms with Crippen LogP contribution < -0.4 is 15.0 Å². The molecule has 7 nitrogen and oxygen atoms in total. The summed E-state index contributed by atoms with van der Waals surface area (Å²) in [5.41, 5.74) is 0. The Balaban J connectivity index is 2.21.